The summed E-state index contributed by atoms with van der Waals surface area (Å²) in [6.45, 7) is 4.97. The van der Waals surface area contributed by atoms with Crippen LogP contribution >= 0.6 is 11.3 Å². The molecular weight excluding hydrogens is 501 g/mol. The molecule has 0 aliphatic carbocycles. The van der Waals surface area contributed by atoms with Crippen LogP contribution in [0.4, 0.5) is 13.2 Å². The first-order valence-electron chi connectivity index (χ1n) is 12.0. The molecule has 1 aromatic heterocycles. The molecule has 0 spiro atoms. The van der Waals surface area contributed by atoms with Gasteiger partial charge in [0.25, 0.3) is 5.56 Å². The van der Waals surface area contributed by atoms with Crippen molar-refractivity contribution < 1.29 is 22.8 Å². The molecule has 0 unspecified atom stereocenters. The molecular formula is C28H27F3N2O3S. The average molecular weight is 529 g/mol. The number of carbonyl (C=O) groups is 2. The quantitative estimate of drug-likeness (QED) is 0.471. The van der Waals surface area contributed by atoms with Crippen LogP contribution < -0.4 is 14.8 Å². The minimum atomic E-state index is -4.46. The van der Waals surface area contributed by atoms with Crippen LogP contribution in [-0.4, -0.2) is 34.2 Å². The maximum absolute atomic E-state index is 13.3. The van der Waals surface area contributed by atoms with E-state index in [0.29, 0.717) is 34.8 Å². The van der Waals surface area contributed by atoms with Crippen LogP contribution in [0.5, 0.6) is 0 Å². The average Bonchev–Trinajstić information content (AvgIpc) is 3.13. The molecule has 3 aromatic rings. The molecule has 4 rings (SSSR count). The van der Waals surface area contributed by atoms with Crippen molar-refractivity contribution in [3.05, 3.63) is 90.3 Å². The lowest BCUT2D eigenvalue weighted by molar-refractivity contribution is -0.137. The molecule has 0 radical (unpaired) electrons. The van der Waals surface area contributed by atoms with Gasteiger partial charge in [-0.15, -0.1) is 11.3 Å². The van der Waals surface area contributed by atoms with E-state index in [2.05, 4.69) is 6.92 Å². The van der Waals surface area contributed by atoms with E-state index < -0.39 is 17.3 Å². The Balaban J connectivity index is 1.75. The van der Waals surface area contributed by atoms with Crippen LogP contribution in [0.15, 0.2) is 53.3 Å². The number of hydrogen-bond donors (Lipinski definition) is 0. The molecule has 1 aliphatic heterocycles. The monoisotopic (exact) mass is 528 g/mol. The van der Waals surface area contributed by atoms with Gasteiger partial charge in [0.15, 0.2) is 5.78 Å². The standard InChI is InChI=1S/C28H27F3N2O3S/c1-18-11-13-32(14-12-18)25(35)17-33-26(16-23(34)22-6-4-3-5-19(22)2)37-24(27(33)36)15-20-7-9-21(10-8-20)28(29,30)31/h3-10,15-16,18H,11-14,17H2,1-2H3/b24-15-,26-16-. The van der Waals surface area contributed by atoms with Gasteiger partial charge in [-0.1, -0.05) is 43.3 Å². The Morgan fingerprint density at radius 2 is 1.70 bits per heavy atom. The van der Waals surface area contributed by atoms with Crippen molar-refractivity contribution in [3.63, 3.8) is 0 Å². The summed E-state index contributed by atoms with van der Waals surface area (Å²) < 4.78 is 40.6. The summed E-state index contributed by atoms with van der Waals surface area (Å²) in [6.07, 6.45) is 0.152. The first kappa shape index (κ1) is 26.6. The zero-order valence-corrected chi connectivity index (χ0v) is 21.4. The maximum Gasteiger partial charge on any atom is 0.416 e. The Kier molecular flexibility index (Phi) is 7.82. The second-order valence-electron chi connectivity index (χ2n) is 9.35. The predicted molar refractivity (Wildman–Crippen MR) is 138 cm³/mol. The largest absolute Gasteiger partial charge is 0.416 e. The van der Waals surface area contributed by atoms with Gasteiger partial charge in [0.1, 0.15) is 11.2 Å². The van der Waals surface area contributed by atoms with Crippen molar-refractivity contribution in [2.24, 2.45) is 5.92 Å². The van der Waals surface area contributed by atoms with Gasteiger partial charge in [-0.05, 0) is 55.0 Å². The number of benzene rings is 2. The lowest BCUT2D eigenvalue weighted by atomic mass is 9.99. The van der Waals surface area contributed by atoms with Crippen LogP contribution in [0.25, 0.3) is 12.2 Å². The maximum atomic E-state index is 13.3. The van der Waals surface area contributed by atoms with Gasteiger partial charge < -0.3 is 4.90 Å². The molecule has 1 aliphatic rings. The van der Waals surface area contributed by atoms with Crippen LogP contribution in [0.1, 0.15) is 46.8 Å². The van der Waals surface area contributed by atoms with Gasteiger partial charge in [-0.25, -0.2) is 0 Å². The number of halogens is 3. The van der Waals surface area contributed by atoms with Crippen LogP contribution in [0.3, 0.4) is 0 Å². The number of alkyl halides is 3. The highest BCUT2D eigenvalue weighted by Crippen LogP contribution is 2.29. The molecule has 9 heteroatoms. The Morgan fingerprint density at radius 1 is 1.05 bits per heavy atom. The van der Waals surface area contributed by atoms with E-state index in [1.807, 2.05) is 19.1 Å². The number of carbonyl (C=O) groups excluding carboxylic acids is 2. The second kappa shape index (κ2) is 10.9. The van der Waals surface area contributed by atoms with E-state index >= 15 is 0 Å². The molecule has 2 heterocycles. The summed E-state index contributed by atoms with van der Waals surface area (Å²) in [5.74, 6) is 0.0350. The molecule has 1 fully saturated rings. The molecule has 1 saturated heterocycles. The number of hydrogen-bond acceptors (Lipinski definition) is 4. The van der Waals surface area contributed by atoms with Crippen LogP contribution in [0, 0.1) is 12.8 Å². The van der Waals surface area contributed by atoms with Crippen molar-refractivity contribution >= 4 is 35.2 Å². The highest BCUT2D eigenvalue weighted by atomic mass is 32.1. The molecule has 5 nitrogen and oxygen atoms in total. The number of likely N-dealkylation sites (tertiary alicyclic amines) is 1. The lowest BCUT2D eigenvalue weighted by Crippen LogP contribution is -2.43. The first-order valence-corrected chi connectivity index (χ1v) is 12.8. The lowest BCUT2D eigenvalue weighted by Gasteiger charge is -2.30. The van der Waals surface area contributed by atoms with E-state index in [1.54, 1.807) is 17.0 Å². The SMILES string of the molecule is Cc1ccccc1C(=O)/C=c1\s/c(=C\c2ccc(C(F)(F)F)cc2)c(=O)n1CC(=O)N1CCC(C)CC1. The van der Waals surface area contributed by atoms with Gasteiger partial charge in [-0.3, -0.25) is 19.0 Å². The number of nitrogens with zero attached hydrogens (tertiary/aromatic N) is 2. The number of aryl methyl sites for hydroxylation is 1. The molecule has 2 aromatic carbocycles. The molecule has 0 N–H and O–H groups in total. The summed E-state index contributed by atoms with van der Waals surface area (Å²) in [5, 5.41) is 0. The van der Waals surface area contributed by atoms with E-state index in [4.69, 9.17) is 0 Å². The molecule has 0 bridgehead atoms. The topological polar surface area (TPSA) is 59.4 Å². The van der Waals surface area contributed by atoms with Gasteiger partial charge >= 0.3 is 6.18 Å². The summed E-state index contributed by atoms with van der Waals surface area (Å²) in [6, 6.07) is 11.6. The number of rotatable bonds is 5. The fraction of sp³-hybridized carbons (Fsp3) is 0.321. The Hall–Kier alpha value is -3.46. The van der Waals surface area contributed by atoms with Crippen molar-refractivity contribution in [1.82, 2.24) is 9.47 Å². The van der Waals surface area contributed by atoms with Gasteiger partial charge in [-0.2, -0.15) is 13.2 Å². The fourth-order valence-electron chi connectivity index (χ4n) is 4.25. The number of Topliss-reactive ketones (excluding diaryl/α,β-unsaturated/α-hetero) is 1. The third-order valence-corrected chi connectivity index (χ3v) is 7.63. The second-order valence-corrected chi connectivity index (χ2v) is 10.4. The molecule has 0 atom stereocenters. The zero-order chi connectivity index (χ0) is 26.7. The van der Waals surface area contributed by atoms with E-state index in [-0.39, 0.29) is 22.8 Å². The van der Waals surface area contributed by atoms with Crippen molar-refractivity contribution in [3.8, 4) is 0 Å². The van der Waals surface area contributed by atoms with Crippen molar-refractivity contribution in [2.45, 2.75) is 39.4 Å². The van der Waals surface area contributed by atoms with E-state index in [0.717, 1.165) is 41.9 Å². The number of piperidine rings is 1. The minimum absolute atomic E-state index is 0.203. The molecule has 1 amide bonds. The van der Waals surface area contributed by atoms with Crippen LogP contribution in [0.2, 0.25) is 0 Å². The number of amides is 1. The van der Waals surface area contributed by atoms with Gasteiger partial charge in [0.05, 0.1) is 10.1 Å². The summed E-state index contributed by atoms with van der Waals surface area (Å²) in [7, 11) is 0. The van der Waals surface area contributed by atoms with Crippen LogP contribution in [-0.2, 0) is 17.5 Å². The number of ketones is 1. The zero-order valence-electron chi connectivity index (χ0n) is 20.5. The highest BCUT2D eigenvalue weighted by molar-refractivity contribution is 7.07. The molecule has 194 valence electrons. The van der Waals surface area contributed by atoms with Gasteiger partial charge in [0.2, 0.25) is 5.91 Å². The smallest absolute Gasteiger partial charge is 0.341 e. The number of aromatic nitrogens is 1. The highest BCUT2D eigenvalue weighted by Gasteiger charge is 2.29. The third kappa shape index (κ3) is 6.28. The van der Waals surface area contributed by atoms with E-state index in [9.17, 15) is 27.6 Å². The third-order valence-electron chi connectivity index (χ3n) is 6.57. The molecule has 0 saturated carbocycles. The predicted octanol–water partition coefficient (Wildman–Crippen LogP) is 3.99. The first-order chi connectivity index (χ1) is 17.5. The Labute approximate surface area is 216 Å². The number of thiazole rings is 1. The summed E-state index contributed by atoms with van der Waals surface area (Å²) in [4.78, 5) is 41.2. The summed E-state index contributed by atoms with van der Waals surface area (Å²) in [5.41, 5.74) is 0.426. The van der Waals surface area contributed by atoms with Crippen molar-refractivity contribution in [1.29, 1.82) is 0 Å². The van der Waals surface area contributed by atoms with Gasteiger partial charge in [0, 0.05) is 24.7 Å². The fourth-order valence-corrected chi connectivity index (χ4v) is 5.29. The molecule has 37 heavy (non-hydrogen) atoms. The summed E-state index contributed by atoms with van der Waals surface area (Å²) >= 11 is 1.03. The normalized spacial score (nSPS) is 15.9. The van der Waals surface area contributed by atoms with Crippen molar-refractivity contribution in [2.75, 3.05) is 13.1 Å². The van der Waals surface area contributed by atoms with E-state index in [1.165, 1.54) is 28.9 Å². The Bertz CT molecular complexity index is 1480. The minimum Gasteiger partial charge on any atom is -0.341 e. The Morgan fingerprint density at radius 3 is 2.32 bits per heavy atom.